The first-order valence-electron chi connectivity index (χ1n) is 5.98. The SMILES string of the molecule is CCOC(=O)c1cnc(-c2ccc3[nH]ccc3c2)s1. The van der Waals surface area contributed by atoms with Crippen LogP contribution in [0.5, 0.6) is 0 Å². The van der Waals surface area contributed by atoms with Crippen molar-refractivity contribution in [1.29, 1.82) is 0 Å². The molecule has 0 atom stereocenters. The standard InChI is InChI=1S/C14H12N2O2S/c1-2-18-14(17)12-8-16-13(19-12)10-3-4-11-9(7-10)5-6-15-11/h3-8,15H,2H2,1H3. The maximum absolute atomic E-state index is 11.6. The maximum atomic E-state index is 11.6. The number of carbonyl (C=O) groups excluding carboxylic acids is 1. The highest BCUT2D eigenvalue weighted by molar-refractivity contribution is 7.16. The summed E-state index contributed by atoms with van der Waals surface area (Å²) < 4.78 is 4.96. The Kier molecular flexibility index (Phi) is 3.05. The molecule has 2 heterocycles. The van der Waals surface area contributed by atoms with Gasteiger partial charge in [0.15, 0.2) is 0 Å². The van der Waals surface area contributed by atoms with Crippen LogP contribution in [0, 0.1) is 0 Å². The zero-order valence-electron chi connectivity index (χ0n) is 10.3. The molecule has 4 nitrogen and oxygen atoms in total. The van der Waals surface area contributed by atoms with Crippen LogP contribution in [0.2, 0.25) is 0 Å². The van der Waals surface area contributed by atoms with Crippen molar-refractivity contribution in [2.75, 3.05) is 6.61 Å². The highest BCUT2D eigenvalue weighted by Crippen LogP contribution is 2.28. The first-order chi connectivity index (χ1) is 9.28. The lowest BCUT2D eigenvalue weighted by atomic mass is 10.2. The fraction of sp³-hybridized carbons (Fsp3) is 0.143. The summed E-state index contributed by atoms with van der Waals surface area (Å²) in [5.41, 5.74) is 2.10. The average Bonchev–Trinajstić information content (AvgIpc) is 3.07. The minimum atomic E-state index is -0.311. The number of rotatable bonds is 3. The third-order valence-corrected chi connectivity index (χ3v) is 3.81. The normalized spacial score (nSPS) is 10.8. The molecule has 0 aliphatic rings. The molecule has 3 rings (SSSR count). The number of nitrogens with zero attached hydrogens (tertiary/aromatic N) is 1. The summed E-state index contributed by atoms with van der Waals surface area (Å²) in [7, 11) is 0. The third-order valence-electron chi connectivity index (χ3n) is 2.78. The molecule has 0 saturated heterocycles. The second kappa shape index (κ2) is 4.85. The van der Waals surface area contributed by atoms with Crippen LogP contribution in [0.25, 0.3) is 21.5 Å². The van der Waals surface area contributed by atoms with E-state index in [4.69, 9.17) is 4.74 Å². The Morgan fingerprint density at radius 2 is 2.32 bits per heavy atom. The second-order valence-corrected chi connectivity index (χ2v) is 5.06. The topological polar surface area (TPSA) is 55.0 Å². The molecule has 0 amide bonds. The molecular weight excluding hydrogens is 260 g/mol. The number of ether oxygens (including phenoxy) is 1. The molecule has 0 aliphatic carbocycles. The molecule has 19 heavy (non-hydrogen) atoms. The van der Waals surface area contributed by atoms with E-state index in [1.165, 1.54) is 11.3 Å². The summed E-state index contributed by atoms with van der Waals surface area (Å²) in [6, 6.07) is 8.07. The molecule has 0 radical (unpaired) electrons. The number of H-pyrrole nitrogens is 1. The molecule has 0 unspecified atom stereocenters. The quantitative estimate of drug-likeness (QED) is 0.743. The molecule has 0 aliphatic heterocycles. The van der Waals surface area contributed by atoms with Gasteiger partial charge in [-0.15, -0.1) is 11.3 Å². The largest absolute Gasteiger partial charge is 0.462 e. The Labute approximate surface area is 114 Å². The van der Waals surface area contributed by atoms with Crippen LogP contribution in [0.3, 0.4) is 0 Å². The van der Waals surface area contributed by atoms with Crippen molar-refractivity contribution >= 4 is 28.2 Å². The molecule has 2 aromatic heterocycles. The fourth-order valence-corrected chi connectivity index (χ4v) is 2.70. The first kappa shape index (κ1) is 11.9. The summed E-state index contributed by atoms with van der Waals surface area (Å²) in [4.78, 5) is 19.6. The van der Waals surface area contributed by atoms with E-state index in [9.17, 15) is 4.79 Å². The van der Waals surface area contributed by atoms with Gasteiger partial charge in [-0.25, -0.2) is 9.78 Å². The Balaban J connectivity index is 1.95. The molecule has 0 fully saturated rings. The van der Waals surface area contributed by atoms with E-state index in [1.54, 1.807) is 13.1 Å². The summed E-state index contributed by atoms with van der Waals surface area (Å²) >= 11 is 1.35. The molecule has 96 valence electrons. The molecule has 0 bridgehead atoms. The third kappa shape index (κ3) is 2.24. The highest BCUT2D eigenvalue weighted by Gasteiger charge is 2.12. The molecule has 3 aromatic rings. The summed E-state index contributed by atoms with van der Waals surface area (Å²) in [5, 5.41) is 1.96. The van der Waals surface area contributed by atoms with Gasteiger partial charge < -0.3 is 9.72 Å². The predicted molar refractivity (Wildman–Crippen MR) is 75.4 cm³/mol. The molecule has 1 aromatic carbocycles. The van der Waals surface area contributed by atoms with Crippen molar-refractivity contribution in [3.63, 3.8) is 0 Å². The predicted octanol–water partition coefficient (Wildman–Crippen LogP) is 3.47. The van der Waals surface area contributed by atoms with E-state index >= 15 is 0 Å². The maximum Gasteiger partial charge on any atom is 0.349 e. The van der Waals surface area contributed by atoms with Crippen molar-refractivity contribution in [2.45, 2.75) is 6.92 Å². The van der Waals surface area contributed by atoms with Crippen molar-refractivity contribution < 1.29 is 9.53 Å². The van der Waals surface area contributed by atoms with E-state index in [-0.39, 0.29) is 5.97 Å². The summed E-state index contributed by atoms with van der Waals surface area (Å²) in [6.07, 6.45) is 3.47. The lowest BCUT2D eigenvalue weighted by Crippen LogP contribution is -2.01. The van der Waals surface area contributed by atoms with Crippen LogP contribution in [0.1, 0.15) is 16.6 Å². The monoisotopic (exact) mass is 272 g/mol. The zero-order chi connectivity index (χ0) is 13.2. The lowest BCUT2D eigenvalue weighted by molar-refractivity contribution is 0.0532. The number of carbonyl (C=O) groups is 1. The minimum Gasteiger partial charge on any atom is -0.462 e. The zero-order valence-corrected chi connectivity index (χ0v) is 11.2. The molecule has 1 N–H and O–H groups in total. The van der Waals surface area contributed by atoms with Gasteiger partial charge in [0.1, 0.15) is 9.88 Å². The number of benzene rings is 1. The van der Waals surface area contributed by atoms with Gasteiger partial charge in [0.25, 0.3) is 0 Å². The van der Waals surface area contributed by atoms with E-state index in [0.29, 0.717) is 11.5 Å². The van der Waals surface area contributed by atoms with Gasteiger partial charge in [-0.3, -0.25) is 0 Å². The number of nitrogens with one attached hydrogen (secondary N) is 1. The van der Waals surface area contributed by atoms with Gasteiger partial charge in [0, 0.05) is 22.7 Å². The van der Waals surface area contributed by atoms with Gasteiger partial charge in [0.2, 0.25) is 0 Å². The van der Waals surface area contributed by atoms with Crippen molar-refractivity contribution in [1.82, 2.24) is 9.97 Å². The number of fused-ring (bicyclic) bond motifs is 1. The van der Waals surface area contributed by atoms with E-state index in [1.807, 2.05) is 24.4 Å². The number of hydrogen-bond acceptors (Lipinski definition) is 4. The van der Waals surface area contributed by atoms with Crippen LogP contribution < -0.4 is 0 Å². The van der Waals surface area contributed by atoms with E-state index in [2.05, 4.69) is 16.0 Å². The number of hydrogen-bond donors (Lipinski definition) is 1. The van der Waals surface area contributed by atoms with Gasteiger partial charge in [-0.2, -0.15) is 0 Å². The van der Waals surface area contributed by atoms with Crippen molar-refractivity contribution in [3.8, 4) is 10.6 Å². The minimum absolute atomic E-state index is 0.311. The Morgan fingerprint density at radius 3 is 3.16 bits per heavy atom. The number of aromatic amines is 1. The van der Waals surface area contributed by atoms with Gasteiger partial charge in [-0.05, 0) is 31.2 Å². The van der Waals surface area contributed by atoms with Crippen LogP contribution >= 0.6 is 11.3 Å². The van der Waals surface area contributed by atoms with Gasteiger partial charge in [0.05, 0.1) is 12.8 Å². The number of thiazole rings is 1. The number of aromatic nitrogens is 2. The Hall–Kier alpha value is -2.14. The van der Waals surface area contributed by atoms with Crippen molar-refractivity contribution in [2.24, 2.45) is 0 Å². The molecule has 0 spiro atoms. The highest BCUT2D eigenvalue weighted by atomic mass is 32.1. The Morgan fingerprint density at radius 1 is 1.42 bits per heavy atom. The lowest BCUT2D eigenvalue weighted by Gasteiger charge is -1.97. The first-order valence-corrected chi connectivity index (χ1v) is 6.80. The fourth-order valence-electron chi connectivity index (χ4n) is 1.89. The van der Waals surface area contributed by atoms with Crippen LogP contribution in [0.4, 0.5) is 0 Å². The molecule has 0 saturated carbocycles. The van der Waals surface area contributed by atoms with E-state index in [0.717, 1.165) is 21.5 Å². The average molecular weight is 272 g/mol. The number of esters is 1. The van der Waals surface area contributed by atoms with Crippen molar-refractivity contribution in [3.05, 3.63) is 41.5 Å². The molecule has 5 heteroatoms. The van der Waals surface area contributed by atoms with Crippen LogP contribution in [-0.4, -0.2) is 22.5 Å². The van der Waals surface area contributed by atoms with Gasteiger partial charge >= 0.3 is 5.97 Å². The molecular formula is C14H12N2O2S. The van der Waals surface area contributed by atoms with E-state index < -0.39 is 0 Å². The van der Waals surface area contributed by atoms with Crippen LogP contribution in [0.15, 0.2) is 36.7 Å². The smallest absolute Gasteiger partial charge is 0.349 e. The Bertz CT molecular complexity index is 730. The summed E-state index contributed by atoms with van der Waals surface area (Å²) in [5.74, 6) is -0.311. The summed E-state index contributed by atoms with van der Waals surface area (Å²) in [6.45, 7) is 2.17. The van der Waals surface area contributed by atoms with Crippen LogP contribution in [-0.2, 0) is 4.74 Å². The van der Waals surface area contributed by atoms with Gasteiger partial charge in [-0.1, -0.05) is 0 Å². The second-order valence-electron chi connectivity index (χ2n) is 4.03.